The minimum absolute atomic E-state index is 0.292. The van der Waals surface area contributed by atoms with E-state index in [9.17, 15) is 0 Å². The second-order valence-corrected chi connectivity index (χ2v) is 4.21. The normalized spacial score (nSPS) is 9.93. The summed E-state index contributed by atoms with van der Waals surface area (Å²) in [6.45, 7) is 0.827. The van der Waals surface area contributed by atoms with Gasteiger partial charge in [0.15, 0.2) is 5.11 Å². The number of nitrogens with zero attached hydrogens (tertiary/aromatic N) is 2. The summed E-state index contributed by atoms with van der Waals surface area (Å²) in [5.41, 5.74) is 5.37. The lowest BCUT2D eigenvalue weighted by atomic mass is 10.7. The topological polar surface area (TPSA) is 91.7 Å². The van der Waals surface area contributed by atoms with E-state index in [-0.39, 0.29) is 0 Å². The lowest BCUT2D eigenvalue weighted by molar-refractivity contribution is 0.941. The van der Waals surface area contributed by atoms with E-state index in [1.807, 2.05) is 0 Å². The number of thioether (sulfide) groups is 1. The monoisotopic (exact) mass is 246 g/mol. The number of anilines is 1. The van der Waals surface area contributed by atoms with Crippen molar-refractivity contribution in [1.82, 2.24) is 25.8 Å². The fourth-order valence-corrected chi connectivity index (χ4v) is 1.68. The molecule has 0 amide bonds. The Morgan fingerprint density at radius 3 is 3.07 bits per heavy atom. The Hall–Kier alpha value is -1.02. The van der Waals surface area contributed by atoms with Crippen LogP contribution in [0.1, 0.15) is 5.82 Å². The Bertz CT molecular complexity index is 312. The van der Waals surface area contributed by atoms with Gasteiger partial charge in [-0.15, -0.1) is 5.10 Å². The molecular weight excluding hydrogens is 232 g/mol. The highest BCUT2D eigenvalue weighted by molar-refractivity contribution is 7.98. The fourth-order valence-electron chi connectivity index (χ4n) is 0.869. The third kappa shape index (κ3) is 4.84. The third-order valence-corrected chi connectivity index (χ3v) is 2.87. The number of aromatic amines is 1. The van der Waals surface area contributed by atoms with Crippen molar-refractivity contribution in [3.05, 3.63) is 5.82 Å². The first-order valence-corrected chi connectivity index (χ1v) is 5.98. The number of H-pyrrole nitrogens is 1. The highest BCUT2D eigenvalue weighted by Crippen LogP contribution is 2.07. The molecule has 0 aliphatic carbocycles. The van der Waals surface area contributed by atoms with Gasteiger partial charge in [0.05, 0.1) is 5.75 Å². The molecule has 0 aliphatic heterocycles. The zero-order valence-electron chi connectivity index (χ0n) is 8.41. The summed E-state index contributed by atoms with van der Waals surface area (Å²) in [5.74, 6) is 2.81. The molecule has 0 spiro atoms. The molecule has 1 aromatic rings. The van der Waals surface area contributed by atoms with Crippen LogP contribution >= 0.6 is 24.0 Å². The van der Waals surface area contributed by atoms with Crippen LogP contribution in [0.2, 0.25) is 0 Å². The second kappa shape index (κ2) is 6.46. The SMILES string of the molecule is CNC(=S)NCCSCc1nc(N)n[nH]1. The maximum Gasteiger partial charge on any atom is 0.239 e. The Kier molecular flexibility index (Phi) is 5.19. The number of rotatable bonds is 5. The van der Waals surface area contributed by atoms with Crippen molar-refractivity contribution in [2.45, 2.75) is 5.75 Å². The summed E-state index contributed by atoms with van der Waals surface area (Å²) >= 11 is 6.66. The first kappa shape index (κ1) is 12.1. The van der Waals surface area contributed by atoms with Gasteiger partial charge in [0.25, 0.3) is 0 Å². The molecule has 0 radical (unpaired) electrons. The van der Waals surface area contributed by atoms with Gasteiger partial charge in [0.2, 0.25) is 5.95 Å². The van der Waals surface area contributed by atoms with Crippen LogP contribution < -0.4 is 16.4 Å². The van der Waals surface area contributed by atoms with E-state index in [4.69, 9.17) is 18.0 Å². The summed E-state index contributed by atoms with van der Waals surface area (Å²) in [5, 5.41) is 13.1. The number of thiocarbonyl (C=S) groups is 1. The molecule has 0 aromatic carbocycles. The van der Waals surface area contributed by atoms with Crippen molar-refractivity contribution in [1.29, 1.82) is 0 Å². The maximum atomic E-state index is 5.37. The molecule has 1 aromatic heterocycles. The van der Waals surface area contributed by atoms with Gasteiger partial charge in [-0.2, -0.15) is 16.7 Å². The molecule has 1 heterocycles. The molecule has 84 valence electrons. The van der Waals surface area contributed by atoms with E-state index in [1.165, 1.54) is 0 Å². The average molecular weight is 246 g/mol. The molecule has 0 saturated carbocycles. The van der Waals surface area contributed by atoms with Crippen molar-refractivity contribution < 1.29 is 0 Å². The zero-order valence-corrected chi connectivity index (χ0v) is 10.0. The lowest BCUT2D eigenvalue weighted by Gasteiger charge is -2.05. The van der Waals surface area contributed by atoms with Crippen molar-refractivity contribution in [2.24, 2.45) is 0 Å². The highest BCUT2D eigenvalue weighted by atomic mass is 32.2. The van der Waals surface area contributed by atoms with Gasteiger partial charge in [0.1, 0.15) is 5.82 Å². The molecule has 15 heavy (non-hydrogen) atoms. The van der Waals surface area contributed by atoms with Gasteiger partial charge < -0.3 is 16.4 Å². The van der Waals surface area contributed by atoms with Gasteiger partial charge in [-0.25, -0.2) is 0 Å². The molecule has 0 atom stereocenters. The van der Waals surface area contributed by atoms with E-state index in [2.05, 4.69) is 25.8 Å². The number of nitrogen functional groups attached to an aromatic ring is 1. The maximum absolute atomic E-state index is 5.37. The van der Waals surface area contributed by atoms with Crippen LogP contribution in [0.3, 0.4) is 0 Å². The minimum atomic E-state index is 0.292. The van der Waals surface area contributed by atoms with Gasteiger partial charge in [-0.1, -0.05) is 0 Å². The molecule has 0 bridgehead atoms. The number of nitrogens with one attached hydrogen (secondary N) is 3. The third-order valence-electron chi connectivity index (χ3n) is 1.55. The molecule has 5 N–H and O–H groups in total. The highest BCUT2D eigenvalue weighted by Gasteiger charge is 1.99. The summed E-state index contributed by atoms with van der Waals surface area (Å²) < 4.78 is 0. The van der Waals surface area contributed by atoms with Crippen LogP contribution in [-0.2, 0) is 5.75 Å². The van der Waals surface area contributed by atoms with Crippen molar-refractivity contribution in [2.75, 3.05) is 25.1 Å². The Morgan fingerprint density at radius 1 is 1.67 bits per heavy atom. The average Bonchev–Trinajstić information content (AvgIpc) is 2.63. The van der Waals surface area contributed by atoms with Crippen molar-refractivity contribution in [3.8, 4) is 0 Å². The zero-order chi connectivity index (χ0) is 11.1. The quantitative estimate of drug-likeness (QED) is 0.419. The molecule has 0 fully saturated rings. The molecule has 0 unspecified atom stereocenters. The van der Waals surface area contributed by atoms with Gasteiger partial charge in [0, 0.05) is 19.3 Å². The minimum Gasteiger partial charge on any atom is -0.367 e. The summed E-state index contributed by atoms with van der Waals surface area (Å²) in [6, 6.07) is 0. The van der Waals surface area contributed by atoms with Crippen LogP contribution in [0.15, 0.2) is 0 Å². The van der Waals surface area contributed by atoms with E-state index in [0.29, 0.717) is 11.1 Å². The summed E-state index contributed by atoms with van der Waals surface area (Å²) in [4.78, 5) is 3.99. The van der Waals surface area contributed by atoms with E-state index in [0.717, 1.165) is 23.9 Å². The van der Waals surface area contributed by atoms with Crippen molar-refractivity contribution >= 4 is 35.0 Å². The number of aromatic nitrogens is 3. The van der Waals surface area contributed by atoms with Gasteiger partial charge >= 0.3 is 0 Å². The predicted octanol–water partition coefficient (Wildman–Crippen LogP) is -0.286. The van der Waals surface area contributed by atoms with E-state index in [1.54, 1.807) is 18.8 Å². The van der Waals surface area contributed by atoms with Crippen LogP contribution in [0, 0.1) is 0 Å². The smallest absolute Gasteiger partial charge is 0.239 e. The lowest BCUT2D eigenvalue weighted by Crippen LogP contribution is -2.33. The van der Waals surface area contributed by atoms with Crippen LogP contribution in [0.25, 0.3) is 0 Å². The van der Waals surface area contributed by atoms with Gasteiger partial charge in [-0.3, -0.25) is 5.10 Å². The summed E-state index contributed by atoms with van der Waals surface area (Å²) in [7, 11) is 1.79. The molecule has 0 aliphatic rings. The fraction of sp³-hybridized carbons (Fsp3) is 0.571. The van der Waals surface area contributed by atoms with Crippen LogP contribution in [0.5, 0.6) is 0 Å². The molecule has 0 saturated heterocycles. The van der Waals surface area contributed by atoms with E-state index >= 15 is 0 Å². The van der Waals surface area contributed by atoms with Crippen LogP contribution in [0.4, 0.5) is 5.95 Å². The van der Waals surface area contributed by atoms with Crippen LogP contribution in [-0.4, -0.2) is 39.6 Å². The first-order valence-electron chi connectivity index (χ1n) is 4.42. The second-order valence-electron chi connectivity index (χ2n) is 2.70. The molecular formula is C7H14N6S2. The largest absolute Gasteiger partial charge is 0.367 e. The number of nitrogens with two attached hydrogens (primary N) is 1. The Labute approximate surface area is 97.8 Å². The predicted molar refractivity (Wildman–Crippen MR) is 66.6 cm³/mol. The van der Waals surface area contributed by atoms with E-state index < -0.39 is 0 Å². The molecule has 1 rings (SSSR count). The number of hydrogen-bond acceptors (Lipinski definition) is 5. The van der Waals surface area contributed by atoms with Gasteiger partial charge in [-0.05, 0) is 12.2 Å². The number of hydrogen-bond donors (Lipinski definition) is 4. The van der Waals surface area contributed by atoms with Crippen molar-refractivity contribution in [3.63, 3.8) is 0 Å². The standard InChI is InChI=1S/C7H14N6S2/c1-9-7(14)10-2-3-15-4-5-11-6(8)13-12-5/h2-4H2,1H3,(H2,9,10,14)(H3,8,11,12,13). The Balaban J connectivity index is 2.05. The molecule has 6 nitrogen and oxygen atoms in total. The molecule has 8 heteroatoms. The summed E-state index contributed by atoms with van der Waals surface area (Å²) in [6.07, 6.45) is 0. The Morgan fingerprint density at radius 2 is 2.47 bits per heavy atom. The first-order chi connectivity index (χ1) is 7.22.